The molecule has 104 valence electrons. The molecule has 0 aromatic carbocycles. The van der Waals surface area contributed by atoms with Gasteiger partial charge < -0.3 is 16.0 Å². The first-order chi connectivity index (χ1) is 8.97. The van der Waals surface area contributed by atoms with Crippen LogP contribution in [0.3, 0.4) is 0 Å². The Labute approximate surface area is 118 Å². The molecule has 1 saturated heterocycles. The SMILES string of the molecule is CC1CN(C)CCC1NC(=O)c1cc(Cl)ncc1N. The number of piperidine rings is 1. The van der Waals surface area contributed by atoms with Crippen molar-refractivity contribution in [3.05, 3.63) is 23.0 Å². The molecule has 5 nitrogen and oxygen atoms in total. The lowest BCUT2D eigenvalue weighted by molar-refractivity contribution is 0.0884. The van der Waals surface area contributed by atoms with Gasteiger partial charge in [0.1, 0.15) is 5.15 Å². The first kappa shape index (κ1) is 14.1. The van der Waals surface area contributed by atoms with E-state index in [0.29, 0.717) is 17.2 Å². The number of rotatable bonds is 2. The number of nitrogen functional groups attached to an aromatic ring is 1. The summed E-state index contributed by atoms with van der Waals surface area (Å²) in [5.41, 5.74) is 6.51. The molecule has 1 aromatic rings. The van der Waals surface area contributed by atoms with E-state index in [1.807, 2.05) is 0 Å². The van der Waals surface area contributed by atoms with Crippen LogP contribution >= 0.6 is 11.6 Å². The third-order valence-corrected chi connectivity index (χ3v) is 3.78. The molecular formula is C13H19ClN4O. The van der Waals surface area contributed by atoms with E-state index in [4.69, 9.17) is 17.3 Å². The van der Waals surface area contributed by atoms with Crippen molar-refractivity contribution in [3.63, 3.8) is 0 Å². The lowest BCUT2D eigenvalue weighted by atomic mass is 9.94. The van der Waals surface area contributed by atoms with E-state index in [2.05, 4.69) is 29.2 Å². The van der Waals surface area contributed by atoms with E-state index in [0.717, 1.165) is 19.5 Å². The van der Waals surface area contributed by atoms with Gasteiger partial charge in [0.2, 0.25) is 0 Å². The maximum atomic E-state index is 12.2. The molecule has 6 heteroatoms. The van der Waals surface area contributed by atoms with Gasteiger partial charge in [0.05, 0.1) is 17.4 Å². The van der Waals surface area contributed by atoms with Crippen LogP contribution in [-0.4, -0.2) is 42.0 Å². The van der Waals surface area contributed by atoms with Crippen molar-refractivity contribution in [2.24, 2.45) is 5.92 Å². The van der Waals surface area contributed by atoms with Gasteiger partial charge in [-0.3, -0.25) is 4.79 Å². The first-order valence-corrected chi connectivity index (χ1v) is 6.75. The van der Waals surface area contributed by atoms with Crippen molar-refractivity contribution in [3.8, 4) is 0 Å². The van der Waals surface area contributed by atoms with Gasteiger partial charge in [0.15, 0.2) is 0 Å². The number of pyridine rings is 1. The zero-order chi connectivity index (χ0) is 14.0. The van der Waals surface area contributed by atoms with Gasteiger partial charge in [-0.25, -0.2) is 4.98 Å². The molecule has 0 spiro atoms. The van der Waals surface area contributed by atoms with Crippen LogP contribution in [-0.2, 0) is 0 Å². The molecule has 2 unspecified atom stereocenters. The van der Waals surface area contributed by atoms with Crippen LogP contribution in [0.4, 0.5) is 5.69 Å². The van der Waals surface area contributed by atoms with Crippen LogP contribution in [0.5, 0.6) is 0 Å². The van der Waals surface area contributed by atoms with Crippen molar-refractivity contribution >= 4 is 23.2 Å². The fourth-order valence-corrected chi connectivity index (χ4v) is 2.61. The monoisotopic (exact) mass is 282 g/mol. The summed E-state index contributed by atoms with van der Waals surface area (Å²) in [7, 11) is 2.09. The number of nitrogens with one attached hydrogen (secondary N) is 1. The molecule has 2 heterocycles. The number of hydrogen-bond acceptors (Lipinski definition) is 4. The Morgan fingerprint density at radius 2 is 2.37 bits per heavy atom. The van der Waals surface area contributed by atoms with Crippen molar-refractivity contribution in [1.29, 1.82) is 0 Å². The Balaban J connectivity index is 2.06. The molecule has 0 bridgehead atoms. The first-order valence-electron chi connectivity index (χ1n) is 6.38. The zero-order valence-corrected chi connectivity index (χ0v) is 11.9. The minimum absolute atomic E-state index is 0.176. The number of nitrogens with two attached hydrogens (primary N) is 1. The van der Waals surface area contributed by atoms with Crippen molar-refractivity contribution in [2.75, 3.05) is 25.9 Å². The number of amides is 1. The Bertz CT molecular complexity index is 480. The Morgan fingerprint density at radius 3 is 3.05 bits per heavy atom. The van der Waals surface area contributed by atoms with E-state index in [1.54, 1.807) is 0 Å². The summed E-state index contributed by atoms with van der Waals surface area (Å²) in [5.74, 6) is 0.240. The molecule has 3 N–H and O–H groups in total. The lowest BCUT2D eigenvalue weighted by Gasteiger charge is -2.35. The largest absolute Gasteiger partial charge is 0.397 e. The summed E-state index contributed by atoms with van der Waals surface area (Å²) in [6.07, 6.45) is 2.36. The van der Waals surface area contributed by atoms with E-state index < -0.39 is 0 Å². The van der Waals surface area contributed by atoms with Crippen LogP contribution in [0.25, 0.3) is 0 Å². The smallest absolute Gasteiger partial charge is 0.253 e. The number of carbonyl (C=O) groups excluding carboxylic acids is 1. The van der Waals surface area contributed by atoms with Gasteiger partial charge >= 0.3 is 0 Å². The fraction of sp³-hybridized carbons (Fsp3) is 0.538. The minimum Gasteiger partial charge on any atom is -0.397 e. The molecular weight excluding hydrogens is 264 g/mol. The number of nitrogens with zero attached hydrogens (tertiary/aromatic N) is 2. The second-order valence-corrected chi connectivity index (χ2v) is 5.59. The number of anilines is 1. The third kappa shape index (κ3) is 3.36. The lowest BCUT2D eigenvalue weighted by Crippen LogP contribution is -2.48. The highest BCUT2D eigenvalue weighted by atomic mass is 35.5. The van der Waals surface area contributed by atoms with Crippen LogP contribution in [0.2, 0.25) is 5.15 Å². The molecule has 19 heavy (non-hydrogen) atoms. The molecule has 1 amide bonds. The molecule has 0 aliphatic carbocycles. The summed E-state index contributed by atoms with van der Waals surface area (Å²) in [6.45, 7) is 4.11. The van der Waals surface area contributed by atoms with Crippen LogP contribution in [0.1, 0.15) is 23.7 Å². The van der Waals surface area contributed by atoms with Gasteiger partial charge in [-0.05, 0) is 32.0 Å². The number of hydrogen-bond donors (Lipinski definition) is 2. The molecule has 1 fully saturated rings. The summed E-state index contributed by atoms with van der Waals surface area (Å²) in [4.78, 5) is 18.3. The maximum absolute atomic E-state index is 12.2. The quantitative estimate of drug-likeness (QED) is 0.804. The Hall–Kier alpha value is -1.33. The molecule has 0 saturated carbocycles. The van der Waals surface area contributed by atoms with Gasteiger partial charge in [-0.2, -0.15) is 0 Å². The Morgan fingerprint density at radius 1 is 1.63 bits per heavy atom. The van der Waals surface area contributed by atoms with E-state index in [9.17, 15) is 4.79 Å². The number of likely N-dealkylation sites (tertiary alicyclic amines) is 1. The third-order valence-electron chi connectivity index (χ3n) is 3.57. The number of carbonyl (C=O) groups is 1. The summed E-state index contributed by atoms with van der Waals surface area (Å²) < 4.78 is 0. The molecule has 1 aliphatic heterocycles. The molecule has 0 radical (unpaired) electrons. The van der Waals surface area contributed by atoms with Crippen LogP contribution < -0.4 is 11.1 Å². The highest BCUT2D eigenvalue weighted by Crippen LogP contribution is 2.18. The molecule has 2 atom stereocenters. The minimum atomic E-state index is -0.178. The Kier molecular flexibility index (Phi) is 4.27. The van der Waals surface area contributed by atoms with Gasteiger partial charge in [0.25, 0.3) is 5.91 Å². The topological polar surface area (TPSA) is 71.2 Å². The summed E-state index contributed by atoms with van der Waals surface area (Å²) in [6, 6.07) is 1.68. The van der Waals surface area contributed by atoms with Crippen molar-refractivity contribution < 1.29 is 4.79 Å². The summed E-state index contributed by atoms with van der Waals surface area (Å²) in [5, 5.41) is 3.32. The highest BCUT2D eigenvalue weighted by molar-refractivity contribution is 6.29. The van der Waals surface area contributed by atoms with E-state index in [-0.39, 0.29) is 17.1 Å². The average Bonchev–Trinajstić information content (AvgIpc) is 2.35. The van der Waals surface area contributed by atoms with Gasteiger partial charge in [0, 0.05) is 12.6 Å². The van der Waals surface area contributed by atoms with Crippen LogP contribution in [0, 0.1) is 5.92 Å². The van der Waals surface area contributed by atoms with Crippen LogP contribution in [0.15, 0.2) is 12.3 Å². The second kappa shape index (κ2) is 5.75. The molecule has 2 rings (SSSR count). The number of halogens is 1. The average molecular weight is 283 g/mol. The maximum Gasteiger partial charge on any atom is 0.253 e. The standard InChI is InChI=1S/C13H19ClN4O/c1-8-7-18(2)4-3-11(8)17-13(19)9-5-12(14)16-6-10(9)15/h5-6,8,11H,3-4,7,15H2,1-2H3,(H,17,19). The summed E-state index contributed by atoms with van der Waals surface area (Å²) >= 11 is 5.80. The van der Waals surface area contributed by atoms with Gasteiger partial charge in [-0.15, -0.1) is 0 Å². The number of aromatic nitrogens is 1. The second-order valence-electron chi connectivity index (χ2n) is 5.20. The molecule has 1 aliphatic rings. The van der Waals surface area contributed by atoms with Crippen molar-refractivity contribution in [1.82, 2.24) is 15.2 Å². The van der Waals surface area contributed by atoms with Gasteiger partial charge in [-0.1, -0.05) is 18.5 Å². The highest BCUT2D eigenvalue weighted by Gasteiger charge is 2.26. The zero-order valence-electron chi connectivity index (χ0n) is 11.2. The molecule has 1 aromatic heterocycles. The van der Waals surface area contributed by atoms with Crippen molar-refractivity contribution in [2.45, 2.75) is 19.4 Å². The predicted octanol–water partition coefficient (Wildman–Crippen LogP) is 1.39. The predicted molar refractivity (Wildman–Crippen MR) is 76.2 cm³/mol. The van der Waals surface area contributed by atoms with E-state index >= 15 is 0 Å². The normalized spacial score (nSPS) is 24.2. The fourth-order valence-electron chi connectivity index (χ4n) is 2.45. The van der Waals surface area contributed by atoms with E-state index in [1.165, 1.54) is 12.3 Å².